The van der Waals surface area contributed by atoms with Crippen molar-refractivity contribution in [3.05, 3.63) is 12.2 Å². The topological polar surface area (TPSA) is 189 Å². The molecule has 9 unspecified atom stereocenters. The number of rotatable bonds is 66. The van der Waals surface area contributed by atoms with Crippen molar-refractivity contribution in [2.45, 2.75) is 435 Å². The van der Waals surface area contributed by atoms with E-state index in [9.17, 15) is 40.5 Å². The highest BCUT2D eigenvalue weighted by molar-refractivity contribution is 5.80. The van der Waals surface area contributed by atoms with Crippen LogP contribution in [0.2, 0.25) is 0 Å². The highest BCUT2D eigenvalue weighted by atomic mass is 16.7. The Morgan fingerprint density at radius 3 is 1.00 bits per heavy atom. The van der Waals surface area contributed by atoms with Crippen LogP contribution in [0.5, 0.6) is 0 Å². The largest absolute Gasteiger partial charge is 0.394 e. The van der Waals surface area contributed by atoms with Crippen LogP contribution < -0.4 is 5.32 Å². The Bertz CT molecular complexity index is 1370. The molecule has 0 saturated carbocycles. The number of nitrogens with one attached hydrogen (secondary N) is 1. The summed E-state index contributed by atoms with van der Waals surface area (Å²) >= 11 is 0. The Balaban J connectivity index is 2.17. The molecule has 0 aromatic rings. The molecule has 0 bridgehead atoms. The summed E-state index contributed by atoms with van der Waals surface area (Å²) in [7, 11) is 0. The summed E-state index contributed by atoms with van der Waals surface area (Å²) in [6.07, 6.45) is 65.9. The second kappa shape index (κ2) is 62.1. The Morgan fingerprint density at radius 1 is 0.405 bits per heavy atom. The van der Waals surface area contributed by atoms with Gasteiger partial charge in [-0.3, -0.25) is 4.79 Å². The van der Waals surface area contributed by atoms with Crippen LogP contribution in [-0.2, 0) is 14.3 Å². The number of carbonyl (C=O) groups excluding carboxylic acids is 1. The quantitative estimate of drug-likeness (QED) is 0.0215. The van der Waals surface area contributed by atoms with E-state index in [4.69, 9.17) is 9.47 Å². The van der Waals surface area contributed by atoms with Gasteiger partial charge in [0.2, 0.25) is 5.91 Å². The molecule has 84 heavy (non-hydrogen) atoms. The third-order valence-corrected chi connectivity index (χ3v) is 18.3. The minimum absolute atomic E-state index is 0.264. The second-order valence-electron chi connectivity index (χ2n) is 26.4. The molecular formula is C73H143NO10. The molecule has 500 valence electrons. The molecule has 0 aromatic heterocycles. The van der Waals surface area contributed by atoms with Crippen LogP contribution in [-0.4, -0.2) is 110 Å². The first-order valence-corrected chi connectivity index (χ1v) is 37.1. The molecule has 0 spiro atoms. The molecule has 0 aromatic carbocycles. The van der Waals surface area contributed by atoms with Crippen molar-refractivity contribution in [1.82, 2.24) is 5.32 Å². The first kappa shape index (κ1) is 80.9. The van der Waals surface area contributed by atoms with E-state index in [-0.39, 0.29) is 6.42 Å². The van der Waals surface area contributed by atoms with Gasteiger partial charge in [-0.2, -0.15) is 0 Å². The Kier molecular flexibility index (Phi) is 59.7. The Hall–Kier alpha value is -1.15. The van der Waals surface area contributed by atoms with Crippen molar-refractivity contribution in [1.29, 1.82) is 0 Å². The number of aliphatic hydroxyl groups excluding tert-OH is 7. The average molecular weight is 1190 g/mol. The lowest BCUT2D eigenvalue weighted by Gasteiger charge is -2.40. The first-order chi connectivity index (χ1) is 41.2. The highest BCUT2D eigenvalue weighted by Gasteiger charge is 2.44. The molecule has 0 aliphatic carbocycles. The maximum atomic E-state index is 13.3. The molecule has 0 radical (unpaired) electrons. The molecule has 8 N–H and O–H groups in total. The lowest BCUT2D eigenvalue weighted by Crippen LogP contribution is -2.60. The molecule has 1 heterocycles. The lowest BCUT2D eigenvalue weighted by molar-refractivity contribution is -0.303. The van der Waals surface area contributed by atoms with Crippen LogP contribution >= 0.6 is 0 Å². The van der Waals surface area contributed by atoms with Crippen molar-refractivity contribution in [2.75, 3.05) is 13.2 Å². The summed E-state index contributed by atoms with van der Waals surface area (Å²) in [5.41, 5.74) is 0. The first-order valence-electron chi connectivity index (χ1n) is 37.1. The summed E-state index contributed by atoms with van der Waals surface area (Å²) in [6, 6.07) is -1.17. The van der Waals surface area contributed by atoms with Gasteiger partial charge < -0.3 is 50.5 Å². The number of ether oxygens (including phenoxy) is 2. The van der Waals surface area contributed by atoms with Crippen molar-refractivity contribution in [3.63, 3.8) is 0 Å². The van der Waals surface area contributed by atoms with Gasteiger partial charge in [-0.05, 0) is 38.5 Å². The predicted molar refractivity (Wildman–Crippen MR) is 353 cm³/mol. The van der Waals surface area contributed by atoms with E-state index < -0.39 is 74.2 Å². The molecule has 1 fully saturated rings. The van der Waals surface area contributed by atoms with Crippen LogP contribution in [0.25, 0.3) is 0 Å². The lowest BCUT2D eigenvalue weighted by atomic mass is 9.98. The molecule has 9 atom stereocenters. The zero-order chi connectivity index (χ0) is 61.0. The van der Waals surface area contributed by atoms with Crippen LogP contribution in [0.15, 0.2) is 12.2 Å². The van der Waals surface area contributed by atoms with Crippen molar-refractivity contribution in [3.8, 4) is 0 Å². The van der Waals surface area contributed by atoms with E-state index in [1.807, 2.05) is 0 Å². The number of allylic oxidation sites excluding steroid dienone is 2. The van der Waals surface area contributed by atoms with Crippen LogP contribution in [0.1, 0.15) is 380 Å². The monoisotopic (exact) mass is 1190 g/mol. The third-order valence-electron chi connectivity index (χ3n) is 18.3. The Labute approximate surface area is 519 Å². The van der Waals surface area contributed by atoms with Gasteiger partial charge >= 0.3 is 0 Å². The average Bonchev–Trinajstić information content (AvgIpc) is 3.66. The van der Waals surface area contributed by atoms with E-state index in [0.29, 0.717) is 19.3 Å². The minimum Gasteiger partial charge on any atom is -0.394 e. The molecular weight excluding hydrogens is 1050 g/mol. The van der Waals surface area contributed by atoms with Crippen molar-refractivity contribution >= 4 is 5.91 Å². The van der Waals surface area contributed by atoms with Gasteiger partial charge in [0.1, 0.15) is 36.6 Å². The van der Waals surface area contributed by atoms with Gasteiger partial charge in [-0.1, -0.05) is 353 Å². The van der Waals surface area contributed by atoms with E-state index >= 15 is 0 Å². The molecule has 11 heteroatoms. The minimum atomic E-state index is -1.66. The SMILES string of the molecule is CCCCCCCCCCCCCC/C=C\CCCCCCCCCCCCCCCC(O)C(=O)NC(COC1OC(CO)C(O)C(O)C1O)C(O)C(O)CCCCCCCCCCCCCCCCCCCCCCCCCCCCCC. The maximum absolute atomic E-state index is 13.3. The summed E-state index contributed by atoms with van der Waals surface area (Å²) < 4.78 is 11.2. The normalized spacial score (nSPS) is 18.9. The molecule has 1 aliphatic rings. The number of amides is 1. The number of unbranched alkanes of at least 4 members (excludes halogenated alkanes) is 52. The van der Waals surface area contributed by atoms with Crippen LogP contribution in [0, 0.1) is 0 Å². The van der Waals surface area contributed by atoms with Crippen LogP contribution in [0.3, 0.4) is 0 Å². The molecule has 1 saturated heterocycles. The van der Waals surface area contributed by atoms with Gasteiger partial charge in [0.05, 0.1) is 25.4 Å². The van der Waals surface area contributed by atoms with Gasteiger partial charge in [0.15, 0.2) is 6.29 Å². The third kappa shape index (κ3) is 48.7. The zero-order valence-electron chi connectivity index (χ0n) is 55.4. The number of aliphatic hydroxyl groups is 7. The fourth-order valence-electron chi connectivity index (χ4n) is 12.4. The van der Waals surface area contributed by atoms with Crippen LogP contribution in [0.4, 0.5) is 0 Å². The second-order valence-corrected chi connectivity index (χ2v) is 26.4. The summed E-state index contributed by atoms with van der Waals surface area (Å²) in [5, 5.41) is 76.6. The molecule has 1 amide bonds. The molecule has 1 rings (SSSR count). The van der Waals surface area contributed by atoms with Gasteiger partial charge in [0, 0.05) is 0 Å². The molecule has 1 aliphatic heterocycles. The highest BCUT2D eigenvalue weighted by Crippen LogP contribution is 2.24. The van der Waals surface area contributed by atoms with E-state index in [1.54, 1.807) is 0 Å². The standard InChI is InChI=1S/C73H143NO10/c1-3-5-7-9-11-13-15-17-19-21-23-25-27-29-31-33-35-37-39-41-43-45-47-49-51-53-55-57-59-61-66(77)72(82)74-64(63-83-73-71(81)70(80)69(79)67(62-75)84-73)68(78)65(76)60-58-56-54-52-50-48-46-44-42-40-38-36-34-32-30-28-26-24-22-20-18-16-14-12-10-8-6-4-2/h29,31,64-71,73,75-81H,3-28,30,32-63H2,1-2H3,(H,74,82)/b31-29-. The van der Waals surface area contributed by atoms with Gasteiger partial charge in [0.25, 0.3) is 0 Å². The smallest absolute Gasteiger partial charge is 0.249 e. The molecule has 11 nitrogen and oxygen atoms in total. The fourth-order valence-corrected chi connectivity index (χ4v) is 12.4. The fraction of sp³-hybridized carbons (Fsp3) is 0.959. The van der Waals surface area contributed by atoms with Gasteiger partial charge in [-0.25, -0.2) is 0 Å². The number of carbonyl (C=O) groups is 1. The Morgan fingerprint density at radius 2 is 0.690 bits per heavy atom. The van der Waals surface area contributed by atoms with E-state index in [2.05, 4.69) is 31.3 Å². The summed E-state index contributed by atoms with van der Waals surface area (Å²) in [6.45, 7) is 3.53. The zero-order valence-corrected chi connectivity index (χ0v) is 55.4. The maximum Gasteiger partial charge on any atom is 0.249 e. The van der Waals surface area contributed by atoms with Crippen molar-refractivity contribution < 1.29 is 50.0 Å². The van der Waals surface area contributed by atoms with Crippen molar-refractivity contribution in [2.24, 2.45) is 0 Å². The summed E-state index contributed by atoms with van der Waals surface area (Å²) in [5.74, 6) is -0.689. The number of hydrogen-bond acceptors (Lipinski definition) is 10. The van der Waals surface area contributed by atoms with E-state index in [1.165, 1.54) is 302 Å². The van der Waals surface area contributed by atoms with Gasteiger partial charge in [-0.15, -0.1) is 0 Å². The van der Waals surface area contributed by atoms with E-state index in [0.717, 1.165) is 38.5 Å². The predicted octanol–water partition coefficient (Wildman–Crippen LogP) is 18.2. The summed E-state index contributed by atoms with van der Waals surface area (Å²) in [4.78, 5) is 13.3. The number of hydrogen-bond donors (Lipinski definition) is 8.